The molecule has 1 aliphatic heterocycles. The maximum absolute atomic E-state index is 11.2. The zero-order chi connectivity index (χ0) is 7.59. The van der Waals surface area contributed by atoms with Gasteiger partial charge < -0.3 is 0 Å². The van der Waals surface area contributed by atoms with Crippen LogP contribution in [-0.2, 0) is 9.59 Å². The molecule has 0 radical (unpaired) electrons. The molecule has 1 saturated heterocycles. The topological polar surface area (TPSA) is 46.2 Å². The van der Waals surface area contributed by atoms with Crippen molar-refractivity contribution in [3.63, 3.8) is 0 Å². The summed E-state index contributed by atoms with van der Waals surface area (Å²) in [6, 6.07) is 0. The van der Waals surface area contributed by atoms with Crippen molar-refractivity contribution < 1.29 is 9.59 Å². The first kappa shape index (κ1) is 5.75. The summed E-state index contributed by atoms with van der Waals surface area (Å²) < 4.78 is 0. The fraction of sp³-hybridized carbons (Fsp3) is 0.750. The van der Waals surface area contributed by atoms with Crippen LogP contribution in [0.4, 0.5) is 0 Å². The molecule has 3 nitrogen and oxygen atoms in total. The Balaban J connectivity index is 2.05. The minimum Gasteiger partial charge on any atom is -0.296 e. The normalized spacial score (nSPS) is 52.0. The Hall–Kier alpha value is -0.860. The average Bonchev–Trinajstić information content (AvgIpc) is 2.39. The lowest BCUT2D eigenvalue weighted by Crippen LogP contribution is -2.31. The molecule has 3 aliphatic carbocycles. The summed E-state index contributed by atoms with van der Waals surface area (Å²) in [5.74, 6) is 1.18. The number of hydrogen-bond acceptors (Lipinski definition) is 2. The first-order valence-electron chi connectivity index (χ1n) is 4.12. The Morgan fingerprint density at radius 2 is 1.45 bits per heavy atom. The van der Waals surface area contributed by atoms with Crippen molar-refractivity contribution in [3.05, 3.63) is 0 Å². The third kappa shape index (κ3) is 0.481. The van der Waals surface area contributed by atoms with Gasteiger partial charge in [-0.3, -0.25) is 14.9 Å². The summed E-state index contributed by atoms with van der Waals surface area (Å²) in [5, 5.41) is 2.40. The second-order valence-corrected chi connectivity index (χ2v) is 3.90. The van der Waals surface area contributed by atoms with Crippen LogP contribution in [0.1, 0.15) is 12.8 Å². The molecule has 58 valence electrons. The molecule has 2 bridgehead atoms. The molecule has 2 atom stereocenters. The van der Waals surface area contributed by atoms with Gasteiger partial charge in [-0.25, -0.2) is 0 Å². The Kier molecular flexibility index (Phi) is 0.780. The predicted molar refractivity (Wildman–Crippen MR) is 36.3 cm³/mol. The van der Waals surface area contributed by atoms with E-state index in [-0.39, 0.29) is 23.7 Å². The summed E-state index contributed by atoms with van der Waals surface area (Å²) in [7, 11) is 0. The Morgan fingerprint density at radius 1 is 1.00 bits per heavy atom. The van der Waals surface area contributed by atoms with E-state index in [4.69, 9.17) is 0 Å². The van der Waals surface area contributed by atoms with E-state index < -0.39 is 0 Å². The van der Waals surface area contributed by atoms with E-state index in [0.717, 1.165) is 12.8 Å². The van der Waals surface area contributed by atoms with Crippen LogP contribution in [-0.4, -0.2) is 11.8 Å². The summed E-state index contributed by atoms with van der Waals surface area (Å²) in [6.07, 6.45) is 2.24. The molecule has 2 unspecified atom stereocenters. The SMILES string of the molecule is O=C1NC(=O)C2C3CC(C3)C12. The van der Waals surface area contributed by atoms with Gasteiger partial charge in [0, 0.05) is 0 Å². The van der Waals surface area contributed by atoms with Crippen molar-refractivity contribution in [1.29, 1.82) is 0 Å². The van der Waals surface area contributed by atoms with E-state index in [1.165, 1.54) is 0 Å². The van der Waals surface area contributed by atoms with Gasteiger partial charge in [-0.05, 0) is 24.7 Å². The number of carbonyl (C=O) groups is 2. The molecular weight excluding hydrogens is 142 g/mol. The van der Waals surface area contributed by atoms with Crippen LogP contribution in [0.15, 0.2) is 0 Å². The molecule has 11 heavy (non-hydrogen) atoms. The van der Waals surface area contributed by atoms with Gasteiger partial charge in [-0.2, -0.15) is 0 Å². The first-order chi connectivity index (χ1) is 5.27. The van der Waals surface area contributed by atoms with E-state index in [9.17, 15) is 9.59 Å². The number of amides is 2. The van der Waals surface area contributed by atoms with E-state index in [1.807, 2.05) is 0 Å². The van der Waals surface area contributed by atoms with Crippen molar-refractivity contribution in [2.75, 3.05) is 0 Å². The lowest BCUT2D eigenvalue weighted by atomic mass is 9.81. The molecule has 3 heteroatoms. The maximum atomic E-state index is 11.2. The second-order valence-electron chi connectivity index (χ2n) is 3.90. The van der Waals surface area contributed by atoms with Crippen LogP contribution < -0.4 is 5.32 Å². The van der Waals surface area contributed by atoms with E-state index in [0.29, 0.717) is 11.8 Å². The molecule has 0 aromatic carbocycles. The Bertz CT molecular complexity index is 231. The molecule has 0 spiro atoms. The highest BCUT2D eigenvalue weighted by atomic mass is 16.2. The summed E-state index contributed by atoms with van der Waals surface area (Å²) in [6.45, 7) is 0. The third-order valence-corrected chi connectivity index (χ3v) is 3.47. The van der Waals surface area contributed by atoms with Crippen LogP contribution in [0, 0.1) is 23.7 Å². The van der Waals surface area contributed by atoms with Crippen molar-refractivity contribution >= 4 is 11.8 Å². The zero-order valence-corrected chi connectivity index (χ0v) is 6.04. The highest BCUT2D eigenvalue weighted by molar-refractivity contribution is 6.06. The lowest BCUT2D eigenvalue weighted by molar-refractivity contribution is -0.128. The molecule has 1 heterocycles. The second kappa shape index (κ2) is 1.49. The van der Waals surface area contributed by atoms with Gasteiger partial charge in [0.25, 0.3) is 0 Å². The highest BCUT2D eigenvalue weighted by Gasteiger charge is 2.61. The largest absolute Gasteiger partial charge is 0.296 e. The van der Waals surface area contributed by atoms with Crippen molar-refractivity contribution in [2.45, 2.75) is 12.8 Å². The Labute approximate surface area is 64.1 Å². The smallest absolute Gasteiger partial charge is 0.230 e. The quantitative estimate of drug-likeness (QED) is 0.492. The van der Waals surface area contributed by atoms with Crippen LogP contribution >= 0.6 is 0 Å². The van der Waals surface area contributed by atoms with Crippen LogP contribution in [0.5, 0.6) is 0 Å². The summed E-state index contributed by atoms with van der Waals surface area (Å²) in [4.78, 5) is 22.3. The molecule has 4 aliphatic rings. The van der Waals surface area contributed by atoms with Crippen LogP contribution in [0.3, 0.4) is 0 Å². The number of hydrogen-bond donors (Lipinski definition) is 1. The zero-order valence-electron chi connectivity index (χ0n) is 6.04. The molecule has 1 N–H and O–H groups in total. The van der Waals surface area contributed by atoms with Crippen molar-refractivity contribution in [2.24, 2.45) is 23.7 Å². The average molecular weight is 151 g/mol. The Morgan fingerprint density at radius 3 is 1.91 bits per heavy atom. The predicted octanol–water partition coefficient (Wildman–Crippen LogP) is -0.0850. The molecule has 0 aromatic rings. The number of imide groups is 1. The number of rotatable bonds is 0. The van der Waals surface area contributed by atoms with Gasteiger partial charge >= 0.3 is 0 Å². The van der Waals surface area contributed by atoms with Gasteiger partial charge in [0.05, 0.1) is 11.8 Å². The van der Waals surface area contributed by atoms with Crippen molar-refractivity contribution in [1.82, 2.24) is 5.32 Å². The van der Waals surface area contributed by atoms with E-state index >= 15 is 0 Å². The van der Waals surface area contributed by atoms with Crippen molar-refractivity contribution in [3.8, 4) is 0 Å². The standard InChI is InChI=1S/C8H9NO2/c10-7-5-3-1-4(2-3)6(5)8(11)9-7/h3-6H,1-2H2,(H,9,10,11). The summed E-state index contributed by atoms with van der Waals surface area (Å²) in [5.41, 5.74) is 0. The van der Waals surface area contributed by atoms with Crippen LogP contribution in [0.25, 0.3) is 0 Å². The van der Waals surface area contributed by atoms with E-state index in [1.54, 1.807) is 0 Å². The minimum atomic E-state index is -0.00926. The maximum Gasteiger partial charge on any atom is 0.230 e. The minimum absolute atomic E-state index is 0.00926. The van der Waals surface area contributed by atoms with Crippen LogP contribution in [0.2, 0.25) is 0 Å². The summed E-state index contributed by atoms with van der Waals surface area (Å²) >= 11 is 0. The fourth-order valence-electron chi connectivity index (χ4n) is 2.92. The first-order valence-corrected chi connectivity index (χ1v) is 4.12. The highest BCUT2D eigenvalue weighted by Crippen LogP contribution is 2.58. The monoisotopic (exact) mass is 151 g/mol. The molecular formula is C8H9NO2. The number of nitrogens with one attached hydrogen (secondary N) is 1. The molecule has 0 aromatic heterocycles. The molecule has 4 fully saturated rings. The molecule has 4 rings (SSSR count). The lowest BCUT2D eigenvalue weighted by Gasteiger charge is -2.25. The van der Waals surface area contributed by atoms with Gasteiger partial charge in [-0.15, -0.1) is 0 Å². The molecule has 2 amide bonds. The van der Waals surface area contributed by atoms with Gasteiger partial charge in [0.1, 0.15) is 0 Å². The van der Waals surface area contributed by atoms with Gasteiger partial charge in [-0.1, -0.05) is 0 Å². The third-order valence-electron chi connectivity index (χ3n) is 3.47. The fourth-order valence-corrected chi connectivity index (χ4v) is 2.92. The number of carbonyl (C=O) groups excluding carboxylic acids is 2. The molecule has 3 saturated carbocycles. The van der Waals surface area contributed by atoms with E-state index in [2.05, 4.69) is 5.32 Å². The van der Waals surface area contributed by atoms with Gasteiger partial charge in [0.2, 0.25) is 11.8 Å². The van der Waals surface area contributed by atoms with Gasteiger partial charge in [0.15, 0.2) is 0 Å².